The Balaban J connectivity index is 1.30. The lowest BCUT2D eigenvalue weighted by atomic mass is 10.1. The van der Waals surface area contributed by atoms with E-state index in [9.17, 15) is 0 Å². The molecule has 0 aliphatic rings. The highest BCUT2D eigenvalue weighted by Crippen LogP contribution is 2.12. The predicted molar refractivity (Wildman–Crippen MR) is 163 cm³/mol. The Morgan fingerprint density at radius 3 is 1.73 bits per heavy atom. The molecule has 0 radical (unpaired) electrons. The van der Waals surface area contributed by atoms with Crippen LogP contribution in [0.5, 0.6) is 5.75 Å². The van der Waals surface area contributed by atoms with E-state index in [1.807, 2.05) is 30.3 Å². The lowest BCUT2D eigenvalue weighted by Crippen LogP contribution is -2.33. The largest absolute Gasteiger partial charge is 0.491 e. The molecule has 0 saturated carbocycles. The van der Waals surface area contributed by atoms with Crippen LogP contribution in [-0.2, 0) is 25.5 Å². The number of aromatic nitrogens is 1. The van der Waals surface area contributed by atoms with Crippen molar-refractivity contribution < 1.29 is 28.3 Å². The number of rotatable bonds is 27. The van der Waals surface area contributed by atoms with E-state index in [4.69, 9.17) is 23.7 Å². The van der Waals surface area contributed by atoms with Crippen LogP contribution in [0, 0.1) is 0 Å². The van der Waals surface area contributed by atoms with E-state index in [-0.39, 0.29) is 0 Å². The van der Waals surface area contributed by atoms with Gasteiger partial charge in [0.1, 0.15) is 12.4 Å². The van der Waals surface area contributed by atoms with Crippen molar-refractivity contribution in [2.75, 3.05) is 59.5 Å². The Bertz CT molecular complexity index is 858. The maximum Gasteiger partial charge on any atom is 0.176 e. The quantitative estimate of drug-likeness (QED) is 0.0873. The van der Waals surface area contributed by atoms with Crippen LogP contribution in [0.2, 0.25) is 0 Å². The molecule has 0 aliphatic carbocycles. The van der Waals surface area contributed by atoms with Crippen LogP contribution in [0.4, 0.5) is 0 Å². The second-order valence-electron chi connectivity index (χ2n) is 10.1. The SMILES string of the molecule is C=Cc1ccc[n+](Cc2ccc(OCCOCCOCCOCCOCCCCCCCCCCCC)cc2)c1. The first-order chi connectivity index (χ1) is 19.8. The molecule has 6 nitrogen and oxygen atoms in total. The van der Waals surface area contributed by atoms with Crippen LogP contribution in [-0.4, -0.2) is 59.5 Å². The smallest absolute Gasteiger partial charge is 0.176 e. The zero-order valence-corrected chi connectivity index (χ0v) is 25.0. The second kappa shape index (κ2) is 24.5. The minimum Gasteiger partial charge on any atom is -0.491 e. The fourth-order valence-corrected chi connectivity index (χ4v) is 4.34. The van der Waals surface area contributed by atoms with Gasteiger partial charge in [-0.25, -0.2) is 4.57 Å². The maximum atomic E-state index is 5.77. The minimum atomic E-state index is 0.512. The lowest BCUT2D eigenvalue weighted by Gasteiger charge is -2.09. The number of unbranched alkanes of at least 4 members (excludes halogenated alkanes) is 9. The summed E-state index contributed by atoms with van der Waals surface area (Å²) < 4.78 is 30.3. The van der Waals surface area contributed by atoms with Gasteiger partial charge in [-0.2, -0.15) is 0 Å². The van der Waals surface area contributed by atoms with Gasteiger partial charge in [0.05, 0.1) is 46.2 Å². The number of hydrogen-bond acceptors (Lipinski definition) is 5. The molecule has 0 aliphatic heterocycles. The minimum absolute atomic E-state index is 0.512. The molecule has 1 heterocycles. The van der Waals surface area contributed by atoms with E-state index in [0.29, 0.717) is 52.9 Å². The van der Waals surface area contributed by atoms with Crippen molar-refractivity contribution in [3.05, 3.63) is 66.5 Å². The zero-order valence-electron chi connectivity index (χ0n) is 25.0. The molecular weight excluding hydrogens is 502 g/mol. The predicted octanol–water partition coefficient (Wildman–Crippen LogP) is 7.03. The Hall–Kier alpha value is -2.25. The van der Waals surface area contributed by atoms with Crippen LogP contribution < -0.4 is 9.30 Å². The van der Waals surface area contributed by atoms with Gasteiger partial charge in [0.25, 0.3) is 0 Å². The van der Waals surface area contributed by atoms with Crippen LogP contribution in [0.3, 0.4) is 0 Å². The van der Waals surface area contributed by atoms with Crippen molar-refractivity contribution in [3.63, 3.8) is 0 Å². The summed E-state index contributed by atoms with van der Waals surface area (Å²) in [4.78, 5) is 0. The van der Waals surface area contributed by atoms with Gasteiger partial charge in [-0.1, -0.05) is 77.4 Å². The monoisotopic (exact) mass is 556 g/mol. The van der Waals surface area contributed by atoms with Gasteiger partial charge in [-0.3, -0.25) is 0 Å². The van der Waals surface area contributed by atoms with Crippen molar-refractivity contribution in [2.45, 2.75) is 77.7 Å². The summed E-state index contributed by atoms with van der Waals surface area (Å²) in [6.07, 6.45) is 19.5. The molecule has 0 amide bonds. The third-order valence-electron chi connectivity index (χ3n) is 6.66. The third-order valence-corrected chi connectivity index (χ3v) is 6.66. The van der Waals surface area contributed by atoms with E-state index in [1.54, 1.807) is 0 Å². The van der Waals surface area contributed by atoms with Crippen molar-refractivity contribution in [1.29, 1.82) is 0 Å². The van der Waals surface area contributed by atoms with E-state index in [1.165, 1.54) is 63.4 Å². The first-order valence-electron chi connectivity index (χ1n) is 15.5. The number of ether oxygens (including phenoxy) is 5. The Kier molecular flexibility index (Phi) is 20.8. The number of nitrogens with zero attached hydrogens (tertiary/aromatic N) is 1. The van der Waals surface area contributed by atoms with E-state index >= 15 is 0 Å². The van der Waals surface area contributed by atoms with Gasteiger partial charge in [-0.05, 0) is 36.8 Å². The first-order valence-corrected chi connectivity index (χ1v) is 15.5. The highest BCUT2D eigenvalue weighted by atomic mass is 16.6. The standard InChI is InChI=1S/C34H54NO5/c1-3-5-6-7-8-9-10-11-12-13-21-36-22-23-37-24-25-38-26-27-39-28-29-40-34-18-16-33(17-19-34)31-35-20-14-15-32(4-2)30-35/h4,14-20,30H,2-3,5-13,21-29,31H2,1H3/q+1. The van der Waals surface area contributed by atoms with Crippen molar-refractivity contribution in [2.24, 2.45) is 0 Å². The summed E-state index contributed by atoms with van der Waals surface area (Å²) in [6.45, 7) is 12.3. The first kappa shape index (κ1) is 34.0. The molecule has 0 atom stereocenters. The number of benzene rings is 1. The molecule has 1 aromatic carbocycles. The molecule has 2 aromatic rings. The van der Waals surface area contributed by atoms with Crippen molar-refractivity contribution >= 4 is 6.08 Å². The fourth-order valence-electron chi connectivity index (χ4n) is 4.34. The summed E-state index contributed by atoms with van der Waals surface area (Å²) >= 11 is 0. The maximum absolute atomic E-state index is 5.77. The van der Waals surface area contributed by atoms with Crippen molar-refractivity contribution in [1.82, 2.24) is 0 Å². The molecule has 2 rings (SSSR count). The molecule has 0 bridgehead atoms. The van der Waals surface area contributed by atoms with E-state index < -0.39 is 0 Å². The number of pyridine rings is 1. The topological polar surface area (TPSA) is 50.0 Å². The van der Waals surface area contributed by atoms with Gasteiger partial charge in [0, 0.05) is 23.8 Å². The summed E-state index contributed by atoms with van der Waals surface area (Å²) in [7, 11) is 0. The Morgan fingerprint density at radius 1 is 0.625 bits per heavy atom. The molecule has 0 spiro atoms. The van der Waals surface area contributed by atoms with Gasteiger partial charge in [0.15, 0.2) is 18.9 Å². The Labute approximate surface area is 243 Å². The van der Waals surface area contributed by atoms with E-state index in [0.717, 1.165) is 30.9 Å². The van der Waals surface area contributed by atoms with Crippen LogP contribution in [0.1, 0.15) is 82.3 Å². The normalized spacial score (nSPS) is 11.1. The highest BCUT2D eigenvalue weighted by Gasteiger charge is 2.04. The van der Waals surface area contributed by atoms with Gasteiger partial charge < -0.3 is 23.7 Å². The molecule has 0 N–H and O–H groups in total. The molecule has 0 unspecified atom stereocenters. The summed E-state index contributed by atoms with van der Waals surface area (Å²) in [5.41, 5.74) is 2.32. The summed E-state index contributed by atoms with van der Waals surface area (Å²) in [5, 5.41) is 0. The van der Waals surface area contributed by atoms with Crippen LogP contribution in [0.25, 0.3) is 6.08 Å². The zero-order chi connectivity index (χ0) is 28.4. The molecule has 6 heteroatoms. The van der Waals surface area contributed by atoms with E-state index in [2.05, 4.69) is 42.6 Å². The van der Waals surface area contributed by atoms with Gasteiger partial charge >= 0.3 is 0 Å². The molecule has 0 saturated heterocycles. The van der Waals surface area contributed by atoms with Crippen LogP contribution in [0.15, 0.2) is 55.4 Å². The molecule has 0 fully saturated rings. The fraction of sp³-hybridized carbons (Fsp3) is 0.618. The molecule has 1 aromatic heterocycles. The van der Waals surface area contributed by atoms with Crippen molar-refractivity contribution in [3.8, 4) is 5.75 Å². The molecule has 224 valence electrons. The average Bonchev–Trinajstić information content (AvgIpc) is 2.98. The van der Waals surface area contributed by atoms with Gasteiger partial charge in [-0.15, -0.1) is 0 Å². The highest BCUT2D eigenvalue weighted by molar-refractivity contribution is 5.43. The number of hydrogen-bond donors (Lipinski definition) is 0. The average molecular weight is 557 g/mol. The molecule has 40 heavy (non-hydrogen) atoms. The third kappa shape index (κ3) is 18.2. The molecular formula is C34H54NO5+. The van der Waals surface area contributed by atoms with Gasteiger partial charge in [0.2, 0.25) is 0 Å². The Morgan fingerprint density at radius 2 is 1.15 bits per heavy atom. The van der Waals surface area contributed by atoms with Crippen LogP contribution >= 0.6 is 0 Å². The lowest BCUT2D eigenvalue weighted by molar-refractivity contribution is -0.688. The summed E-state index contributed by atoms with van der Waals surface area (Å²) in [6, 6.07) is 12.2. The second-order valence-corrected chi connectivity index (χ2v) is 10.1. The summed E-state index contributed by atoms with van der Waals surface area (Å²) in [5.74, 6) is 0.845.